The number of nitriles is 1. The fourth-order valence-electron chi connectivity index (χ4n) is 5.07. The molecule has 5 rings (SSSR count). The van der Waals surface area contributed by atoms with E-state index < -0.39 is 5.54 Å². The van der Waals surface area contributed by atoms with E-state index in [9.17, 15) is 10.1 Å². The molecule has 8 heteroatoms. The van der Waals surface area contributed by atoms with Gasteiger partial charge < -0.3 is 15.2 Å². The van der Waals surface area contributed by atoms with Gasteiger partial charge in [-0.1, -0.05) is 48.5 Å². The van der Waals surface area contributed by atoms with E-state index in [0.717, 1.165) is 12.3 Å². The summed E-state index contributed by atoms with van der Waals surface area (Å²) in [6, 6.07) is 29.3. The standard InChI is InChI=1S/C31H31N5O3/c1-2-38-30(37)31(17-19-35(20-18-31)22-23-9-5-3-6-10-23)36-29(33)27(21-32)28(34-36)24-13-15-26(16-14-24)39-25-11-7-4-8-12-25/h3-16H,2,17-20,22,33H2,1H3. The predicted molar refractivity (Wildman–Crippen MR) is 149 cm³/mol. The molecular weight excluding hydrogens is 490 g/mol. The number of nitrogens with two attached hydrogens (primary N) is 1. The highest BCUT2D eigenvalue weighted by Crippen LogP contribution is 2.38. The summed E-state index contributed by atoms with van der Waals surface area (Å²) in [5.74, 6) is 1.18. The third kappa shape index (κ3) is 5.35. The van der Waals surface area contributed by atoms with Crippen molar-refractivity contribution >= 4 is 11.8 Å². The van der Waals surface area contributed by atoms with Crippen LogP contribution in [0.4, 0.5) is 5.82 Å². The Morgan fingerprint density at radius 3 is 2.21 bits per heavy atom. The van der Waals surface area contributed by atoms with Gasteiger partial charge in [-0.15, -0.1) is 0 Å². The molecule has 4 aromatic rings. The molecule has 2 heterocycles. The molecule has 1 aromatic heterocycles. The second-order valence-electron chi connectivity index (χ2n) is 9.59. The second-order valence-corrected chi connectivity index (χ2v) is 9.59. The van der Waals surface area contributed by atoms with Gasteiger partial charge in [0.2, 0.25) is 0 Å². The number of hydrogen-bond acceptors (Lipinski definition) is 7. The molecule has 39 heavy (non-hydrogen) atoms. The van der Waals surface area contributed by atoms with Gasteiger partial charge in [0, 0.05) is 25.2 Å². The first kappa shape index (κ1) is 26.0. The molecule has 3 aromatic carbocycles. The number of likely N-dealkylation sites (tertiary alicyclic amines) is 1. The smallest absolute Gasteiger partial charge is 0.334 e. The lowest BCUT2D eigenvalue weighted by atomic mass is 9.87. The summed E-state index contributed by atoms with van der Waals surface area (Å²) in [7, 11) is 0. The van der Waals surface area contributed by atoms with Gasteiger partial charge in [0.05, 0.1) is 6.61 Å². The van der Waals surface area contributed by atoms with E-state index in [2.05, 4.69) is 23.1 Å². The van der Waals surface area contributed by atoms with Gasteiger partial charge >= 0.3 is 5.97 Å². The molecule has 0 bridgehead atoms. The number of hydrogen-bond donors (Lipinski definition) is 1. The highest BCUT2D eigenvalue weighted by atomic mass is 16.5. The maximum Gasteiger partial charge on any atom is 0.334 e. The zero-order chi connectivity index (χ0) is 27.2. The van der Waals surface area contributed by atoms with Crippen molar-refractivity contribution in [2.75, 3.05) is 25.4 Å². The first-order valence-corrected chi connectivity index (χ1v) is 13.1. The second kappa shape index (κ2) is 11.4. The highest BCUT2D eigenvalue weighted by molar-refractivity contribution is 5.81. The quantitative estimate of drug-likeness (QED) is 0.312. The summed E-state index contributed by atoms with van der Waals surface area (Å²) in [4.78, 5) is 15.8. The molecule has 0 saturated carbocycles. The molecule has 1 fully saturated rings. The van der Waals surface area contributed by atoms with Crippen LogP contribution in [0.3, 0.4) is 0 Å². The van der Waals surface area contributed by atoms with Gasteiger partial charge in [-0.2, -0.15) is 10.4 Å². The topological polar surface area (TPSA) is 106 Å². The third-order valence-corrected chi connectivity index (χ3v) is 7.13. The number of nitrogens with zero attached hydrogens (tertiary/aromatic N) is 4. The van der Waals surface area contributed by atoms with E-state index in [1.165, 1.54) is 10.2 Å². The Bertz CT molecular complexity index is 1450. The number of carbonyl (C=O) groups excluding carboxylic acids is 1. The number of anilines is 1. The molecule has 0 spiro atoms. The monoisotopic (exact) mass is 521 g/mol. The molecule has 0 radical (unpaired) electrons. The molecular formula is C31H31N5O3. The van der Waals surface area contributed by atoms with Crippen molar-refractivity contribution < 1.29 is 14.3 Å². The minimum atomic E-state index is -1.09. The first-order chi connectivity index (χ1) is 19.0. The number of esters is 1. The number of nitrogen functional groups attached to an aromatic ring is 1. The van der Waals surface area contributed by atoms with E-state index in [4.69, 9.17) is 20.3 Å². The van der Waals surface area contributed by atoms with Crippen LogP contribution < -0.4 is 10.5 Å². The normalized spacial score (nSPS) is 14.9. The molecule has 1 saturated heterocycles. The van der Waals surface area contributed by atoms with Gasteiger partial charge in [0.15, 0.2) is 5.54 Å². The van der Waals surface area contributed by atoms with Crippen LogP contribution in [0.2, 0.25) is 0 Å². The van der Waals surface area contributed by atoms with Crippen LogP contribution in [-0.4, -0.2) is 40.3 Å². The van der Waals surface area contributed by atoms with Crippen LogP contribution in [0.5, 0.6) is 11.5 Å². The number of carbonyl (C=O) groups is 1. The molecule has 1 aliphatic heterocycles. The number of piperidine rings is 1. The molecule has 0 aliphatic carbocycles. The Kier molecular flexibility index (Phi) is 7.62. The summed E-state index contributed by atoms with van der Waals surface area (Å²) in [6.45, 7) is 4.15. The summed E-state index contributed by atoms with van der Waals surface area (Å²) >= 11 is 0. The molecule has 0 unspecified atom stereocenters. The van der Waals surface area contributed by atoms with E-state index in [-0.39, 0.29) is 24.0 Å². The van der Waals surface area contributed by atoms with Gasteiger partial charge in [-0.3, -0.25) is 4.90 Å². The lowest BCUT2D eigenvalue weighted by Crippen LogP contribution is -2.52. The van der Waals surface area contributed by atoms with Gasteiger partial charge in [-0.25, -0.2) is 9.48 Å². The third-order valence-electron chi connectivity index (χ3n) is 7.13. The molecule has 0 amide bonds. The summed E-state index contributed by atoms with van der Waals surface area (Å²) in [5, 5.41) is 14.8. The van der Waals surface area contributed by atoms with Crippen LogP contribution in [0.1, 0.15) is 30.9 Å². The summed E-state index contributed by atoms with van der Waals surface area (Å²) in [5.41, 5.74) is 8.02. The Morgan fingerprint density at radius 1 is 0.974 bits per heavy atom. The van der Waals surface area contributed by atoms with Crippen LogP contribution in [0.15, 0.2) is 84.9 Å². The molecule has 0 atom stereocenters. The van der Waals surface area contributed by atoms with Crippen LogP contribution in [0, 0.1) is 11.3 Å². The lowest BCUT2D eigenvalue weighted by molar-refractivity contribution is -0.157. The van der Waals surface area contributed by atoms with E-state index in [1.54, 1.807) is 6.92 Å². The van der Waals surface area contributed by atoms with Crippen molar-refractivity contribution in [2.45, 2.75) is 31.8 Å². The minimum absolute atomic E-state index is 0.168. The first-order valence-electron chi connectivity index (χ1n) is 13.1. The largest absolute Gasteiger partial charge is 0.464 e. The zero-order valence-corrected chi connectivity index (χ0v) is 21.9. The van der Waals surface area contributed by atoms with Crippen LogP contribution in [-0.2, 0) is 21.6 Å². The van der Waals surface area contributed by atoms with E-state index >= 15 is 0 Å². The van der Waals surface area contributed by atoms with E-state index in [0.29, 0.717) is 42.9 Å². The Balaban J connectivity index is 1.43. The number of rotatable bonds is 8. The number of aromatic nitrogens is 2. The fourth-order valence-corrected chi connectivity index (χ4v) is 5.07. The average molecular weight is 522 g/mol. The number of para-hydroxylation sites is 1. The van der Waals surface area contributed by atoms with Crippen molar-refractivity contribution in [1.82, 2.24) is 14.7 Å². The Hall–Kier alpha value is -4.61. The fraction of sp³-hybridized carbons (Fsp3) is 0.258. The van der Waals surface area contributed by atoms with Crippen molar-refractivity contribution in [2.24, 2.45) is 0 Å². The van der Waals surface area contributed by atoms with Crippen LogP contribution >= 0.6 is 0 Å². The zero-order valence-electron chi connectivity index (χ0n) is 21.9. The maximum atomic E-state index is 13.4. The number of ether oxygens (including phenoxy) is 2. The molecule has 1 aliphatic rings. The van der Waals surface area contributed by atoms with Crippen molar-refractivity contribution in [1.29, 1.82) is 5.26 Å². The molecule has 2 N–H and O–H groups in total. The summed E-state index contributed by atoms with van der Waals surface area (Å²) < 4.78 is 13.0. The average Bonchev–Trinajstić information content (AvgIpc) is 3.31. The van der Waals surface area contributed by atoms with Gasteiger partial charge in [-0.05, 0) is 61.7 Å². The van der Waals surface area contributed by atoms with Crippen molar-refractivity contribution in [3.8, 4) is 28.8 Å². The Morgan fingerprint density at radius 2 is 1.59 bits per heavy atom. The minimum Gasteiger partial charge on any atom is -0.464 e. The highest BCUT2D eigenvalue weighted by Gasteiger charge is 2.47. The predicted octanol–water partition coefficient (Wildman–Crippen LogP) is 5.35. The van der Waals surface area contributed by atoms with Crippen LogP contribution in [0.25, 0.3) is 11.3 Å². The SMILES string of the molecule is CCOC(=O)C1(n2nc(-c3ccc(Oc4ccccc4)cc3)c(C#N)c2N)CCN(Cc2ccccc2)CC1. The summed E-state index contributed by atoms with van der Waals surface area (Å²) in [6.07, 6.45) is 0.942. The van der Waals surface area contributed by atoms with Gasteiger partial charge in [0.25, 0.3) is 0 Å². The molecule has 8 nitrogen and oxygen atoms in total. The van der Waals surface area contributed by atoms with E-state index in [1.807, 2.05) is 72.8 Å². The Labute approximate surface area is 228 Å². The lowest BCUT2D eigenvalue weighted by Gasteiger charge is -2.40. The molecule has 198 valence electrons. The van der Waals surface area contributed by atoms with Crippen molar-refractivity contribution in [3.63, 3.8) is 0 Å². The maximum absolute atomic E-state index is 13.4. The van der Waals surface area contributed by atoms with Gasteiger partial charge in [0.1, 0.15) is 34.6 Å². The number of benzene rings is 3. The van der Waals surface area contributed by atoms with Crippen molar-refractivity contribution in [3.05, 3.63) is 96.1 Å².